The lowest BCUT2D eigenvalue weighted by Crippen LogP contribution is -2.37. The molecule has 2 rings (SSSR count). The molecule has 1 aromatic heterocycles. The second kappa shape index (κ2) is 6.95. The molecule has 1 aliphatic rings. The molecule has 3 nitrogen and oxygen atoms in total. The molecule has 0 amide bonds. The van der Waals surface area contributed by atoms with Gasteiger partial charge in [-0.15, -0.1) is 0 Å². The molecule has 1 N–H and O–H groups in total. The molecular formula is C14H22ClN3. The highest BCUT2D eigenvalue weighted by Crippen LogP contribution is 2.22. The summed E-state index contributed by atoms with van der Waals surface area (Å²) in [4.78, 5) is 6.73. The monoisotopic (exact) mass is 267 g/mol. The molecule has 4 heteroatoms. The van der Waals surface area contributed by atoms with E-state index in [1.165, 1.54) is 19.3 Å². The van der Waals surface area contributed by atoms with Gasteiger partial charge in [0.2, 0.25) is 0 Å². The number of nitrogens with one attached hydrogen (secondary N) is 1. The molecule has 0 unspecified atom stereocenters. The number of halogens is 1. The van der Waals surface area contributed by atoms with Crippen LogP contribution in [0.25, 0.3) is 0 Å². The van der Waals surface area contributed by atoms with E-state index in [1.807, 2.05) is 12.1 Å². The summed E-state index contributed by atoms with van der Waals surface area (Å²) in [5.74, 6) is 1.87. The zero-order chi connectivity index (χ0) is 12.8. The second-order valence-corrected chi connectivity index (χ2v) is 5.41. The number of anilines is 1. The van der Waals surface area contributed by atoms with E-state index in [0.29, 0.717) is 5.02 Å². The first-order chi connectivity index (χ1) is 8.79. The molecule has 0 atom stereocenters. The fraction of sp³-hybridized carbons (Fsp3) is 0.643. The topological polar surface area (TPSA) is 28.2 Å². The van der Waals surface area contributed by atoms with Crippen LogP contribution in [0.3, 0.4) is 0 Å². The Bertz CT molecular complexity index is 345. The van der Waals surface area contributed by atoms with E-state index in [4.69, 9.17) is 11.6 Å². The quantitative estimate of drug-likeness (QED) is 0.832. The van der Waals surface area contributed by atoms with Crippen LogP contribution in [-0.2, 0) is 0 Å². The maximum Gasteiger partial charge on any atom is 0.128 e. The highest BCUT2D eigenvalue weighted by atomic mass is 35.5. The van der Waals surface area contributed by atoms with Gasteiger partial charge in [0.15, 0.2) is 0 Å². The Morgan fingerprint density at radius 1 is 1.39 bits per heavy atom. The first-order valence-electron chi connectivity index (χ1n) is 6.87. The first-order valence-corrected chi connectivity index (χ1v) is 7.24. The van der Waals surface area contributed by atoms with Gasteiger partial charge in [-0.25, -0.2) is 4.98 Å². The van der Waals surface area contributed by atoms with Crippen molar-refractivity contribution in [2.75, 3.05) is 31.1 Å². The van der Waals surface area contributed by atoms with Gasteiger partial charge < -0.3 is 10.2 Å². The third-order valence-electron chi connectivity index (χ3n) is 3.51. The van der Waals surface area contributed by atoms with Gasteiger partial charge in [-0.05, 0) is 50.4 Å². The maximum absolute atomic E-state index is 5.86. The van der Waals surface area contributed by atoms with E-state index < -0.39 is 0 Å². The lowest BCUT2D eigenvalue weighted by Gasteiger charge is -2.32. The molecule has 0 aromatic carbocycles. The predicted molar refractivity (Wildman–Crippen MR) is 77.3 cm³/mol. The van der Waals surface area contributed by atoms with Gasteiger partial charge in [-0.2, -0.15) is 0 Å². The Morgan fingerprint density at radius 2 is 2.17 bits per heavy atom. The minimum Gasteiger partial charge on any atom is -0.357 e. The van der Waals surface area contributed by atoms with Crippen LogP contribution in [0.1, 0.15) is 26.2 Å². The number of pyridine rings is 1. The molecule has 0 bridgehead atoms. The number of piperidine rings is 1. The van der Waals surface area contributed by atoms with E-state index in [-0.39, 0.29) is 0 Å². The highest BCUT2D eigenvalue weighted by molar-refractivity contribution is 6.30. The molecule has 0 radical (unpaired) electrons. The van der Waals surface area contributed by atoms with E-state index >= 15 is 0 Å². The Morgan fingerprint density at radius 3 is 2.78 bits per heavy atom. The Hall–Kier alpha value is -0.800. The van der Waals surface area contributed by atoms with Gasteiger partial charge >= 0.3 is 0 Å². The van der Waals surface area contributed by atoms with E-state index in [0.717, 1.165) is 37.9 Å². The molecule has 1 aliphatic heterocycles. The zero-order valence-electron chi connectivity index (χ0n) is 11.0. The van der Waals surface area contributed by atoms with Crippen LogP contribution in [0, 0.1) is 5.92 Å². The highest BCUT2D eigenvalue weighted by Gasteiger charge is 2.19. The molecule has 1 aromatic rings. The van der Waals surface area contributed by atoms with Crippen molar-refractivity contribution in [2.45, 2.75) is 26.2 Å². The lowest BCUT2D eigenvalue weighted by atomic mass is 9.97. The zero-order valence-corrected chi connectivity index (χ0v) is 11.8. The summed E-state index contributed by atoms with van der Waals surface area (Å²) in [5.41, 5.74) is 0. The number of rotatable bonds is 5. The summed E-state index contributed by atoms with van der Waals surface area (Å²) in [6, 6.07) is 3.93. The van der Waals surface area contributed by atoms with Crippen LogP contribution < -0.4 is 10.2 Å². The minimum atomic E-state index is 0.706. The third kappa shape index (κ3) is 3.85. The van der Waals surface area contributed by atoms with Gasteiger partial charge in [-0.1, -0.05) is 18.5 Å². The van der Waals surface area contributed by atoms with Crippen molar-refractivity contribution in [1.29, 1.82) is 0 Å². The van der Waals surface area contributed by atoms with Crippen molar-refractivity contribution in [1.82, 2.24) is 10.3 Å². The fourth-order valence-corrected chi connectivity index (χ4v) is 2.52. The summed E-state index contributed by atoms with van der Waals surface area (Å²) in [7, 11) is 0. The molecule has 0 saturated carbocycles. The average Bonchev–Trinajstić information content (AvgIpc) is 2.41. The largest absolute Gasteiger partial charge is 0.357 e. The van der Waals surface area contributed by atoms with E-state index in [9.17, 15) is 0 Å². The van der Waals surface area contributed by atoms with Crippen molar-refractivity contribution in [2.24, 2.45) is 5.92 Å². The van der Waals surface area contributed by atoms with Crippen molar-refractivity contribution >= 4 is 17.4 Å². The minimum absolute atomic E-state index is 0.706. The first kappa shape index (κ1) is 13.6. The van der Waals surface area contributed by atoms with E-state index in [2.05, 4.69) is 22.1 Å². The standard InChI is InChI=1S/C14H22ClN3/c1-2-7-16-10-12-5-8-18(9-6-12)14-4-3-13(15)11-17-14/h3-4,11-12,16H,2,5-10H2,1H3. The molecule has 0 aliphatic carbocycles. The predicted octanol–water partition coefficient (Wildman–Crippen LogP) is 2.95. The van der Waals surface area contributed by atoms with Crippen LogP contribution in [0.2, 0.25) is 5.02 Å². The lowest BCUT2D eigenvalue weighted by molar-refractivity contribution is 0.382. The molecule has 0 spiro atoms. The van der Waals surface area contributed by atoms with Crippen LogP contribution in [-0.4, -0.2) is 31.2 Å². The van der Waals surface area contributed by atoms with Gasteiger partial charge in [0.25, 0.3) is 0 Å². The Kier molecular flexibility index (Phi) is 5.26. The molecule has 1 saturated heterocycles. The summed E-state index contributed by atoms with van der Waals surface area (Å²) >= 11 is 5.86. The van der Waals surface area contributed by atoms with Crippen LogP contribution >= 0.6 is 11.6 Å². The van der Waals surface area contributed by atoms with Gasteiger partial charge in [0.05, 0.1) is 5.02 Å². The Labute approximate surface area is 115 Å². The number of hydrogen-bond donors (Lipinski definition) is 1. The SMILES string of the molecule is CCCNCC1CCN(c2ccc(Cl)cn2)CC1. The number of nitrogens with zero attached hydrogens (tertiary/aromatic N) is 2. The van der Waals surface area contributed by atoms with Crippen molar-refractivity contribution < 1.29 is 0 Å². The number of hydrogen-bond acceptors (Lipinski definition) is 3. The molecule has 100 valence electrons. The average molecular weight is 268 g/mol. The van der Waals surface area contributed by atoms with Crippen molar-refractivity contribution in [3.63, 3.8) is 0 Å². The van der Waals surface area contributed by atoms with Crippen molar-refractivity contribution in [3.8, 4) is 0 Å². The van der Waals surface area contributed by atoms with Crippen LogP contribution in [0.15, 0.2) is 18.3 Å². The third-order valence-corrected chi connectivity index (χ3v) is 3.73. The van der Waals surface area contributed by atoms with Gasteiger partial charge in [0.1, 0.15) is 5.82 Å². The summed E-state index contributed by atoms with van der Waals surface area (Å²) in [6.07, 6.45) is 5.45. The van der Waals surface area contributed by atoms with Crippen LogP contribution in [0.5, 0.6) is 0 Å². The molecule has 2 heterocycles. The second-order valence-electron chi connectivity index (χ2n) is 4.97. The van der Waals surface area contributed by atoms with Gasteiger partial charge in [-0.3, -0.25) is 0 Å². The molecule has 18 heavy (non-hydrogen) atoms. The smallest absolute Gasteiger partial charge is 0.128 e. The summed E-state index contributed by atoms with van der Waals surface area (Å²) in [6.45, 7) is 6.72. The normalized spacial score (nSPS) is 17.1. The maximum atomic E-state index is 5.86. The van der Waals surface area contributed by atoms with E-state index in [1.54, 1.807) is 6.20 Å². The fourth-order valence-electron chi connectivity index (χ4n) is 2.40. The summed E-state index contributed by atoms with van der Waals surface area (Å²) in [5, 5.41) is 4.22. The summed E-state index contributed by atoms with van der Waals surface area (Å²) < 4.78 is 0. The Balaban J connectivity index is 1.77. The number of aromatic nitrogens is 1. The van der Waals surface area contributed by atoms with Crippen molar-refractivity contribution in [3.05, 3.63) is 23.4 Å². The van der Waals surface area contributed by atoms with Crippen LogP contribution in [0.4, 0.5) is 5.82 Å². The molecule has 1 fully saturated rings. The molecular weight excluding hydrogens is 246 g/mol. The van der Waals surface area contributed by atoms with Gasteiger partial charge in [0, 0.05) is 19.3 Å².